The minimum absolute atomic E-state index is 0. The van der Waals surface area contributed by atoms with Gasteiger partial charge in [0.25, 0.3) is 5.91 Å². The summed E-state index contributed by atoms with van der Waals surface area (Å²) in [5.74, 6) is -0.390. The minimum Gasteiger partial charge on any atom is -0.324 e. The molecule has 2 N–H and O–H groups in total. The normalized spacial score (nSPS) is 16.2. The van der Waals surface area contributed by atoms with Crippen LogP contribution < -0.4 is 10.6 Å². The van der Waals surface area contributed by atoms with E-state index in [1.807, 2.05) is 57.6 Å². The van der Waals surface area contributed by atoms with E-state index in [9.17, 15) is 9.59 Å². The molecular formula is C30H42N6O2. The molecule has 1 aromatic carbocycles. The summed E-state index contributed by atoms with van der Waals surface area (Å²) in [4.78, 5) is 32.5. The van der Waals surface area contributed by atoms with Crippen LogP contribution in [0.1, 0.15) is 47.3 Å². The van der Waals surface area contributed by atoms with Crippen molar-refractivity contribution in [3.63, 3.8) is 0 Å². The number of benzene rings is 1. The third kappa shape index (κ3) is 6.63. The van der Waals surface area contributed by atoms with E-state index in [-0.39, 0.29) is 16.1 Å². The molecule has 2 amide bonds. The van der Waals surface area contributed by atoms with E-state index < -0.39 is 0 Å². The number of anilines is 2. The quantitative estimate of drug-likeness (QED) is 0.288. The highest BCUT2D eigenvalue weighted by Crippen LogP contribution is 2.25. The Morgan fingerprint density at radius 2 is 1.97 bits per heavy atom. The fourth-order valence-corrected chi connectivity index (χ4v) is 4.63. The van der Waals surface area contributed by atoms with Crippen LogP contribution in [0.4, 0.5) is 11.4 Å². The maximum Gasteiger partial charge on any atom is 0.255 e. The number of carbonyl (C=O) groups excluding carboxylic acids is 2. The first kappa shape index (κ1) is 27.0. The van der Waals surface area contributed by atoms with Crippen molar-refractivity contribution in [2.75, 3.05) is 23.7 Å². The number of carbonyl (C=O) groups is 2. The molecule has 1 atom stereocenters. The largest absolute Gasteiger partial charge is 0.324 e. The summed E-state index contributed by atoms with van der Waals surface area (Å²) < 4.78 is 1.76. The lowest BCUT2D eigenvalue weighted by Crippen LogP contribution is -2.42. The molecule has 204 valence electrons. The van der Waals surface area contributed by atoms with Crippen LogP contribution in [0.5, 0.6) is 0 Å². The van der Waals surface area contributed by atoms with Crippen molar-refractivity contribution < 1.29 is 13.9 Å². The van der Waals surface area contributed by atoms with Crippen molar-refractivity contribution in [3.05, 3.63) is 77.9 Å². The second-order valence-corrected chi connectivity index (χ2v) is 9.95. The van der Waals surface area contributed by atoms with Crippen LogP contribution >= 0.6 is 0 Å². The van der Waals surface area contributed by atoms with Crippen molar-refractivity contribution in [2.24, 2.45) is 7.05 Å². The number of amides is 2. The summed E-state index contributed by atoms with van der Waals surface area (Å²) in [6.07, 6.45) is 12.2. The highest BCUT2D eigenvalue weighted by Gasteiger charge is 2.21. The zero-order valence-corrected chi connectivity index (χ0v) is 22.6. The maximum absolute atomic E-state index is 13.2. The Bertz CT molecular complexity index is 1390. The summed E-state index contributed by atoms with van der Waals surface area (Å²) in [6.45, 7) is 11.1. The first-order valence-corrected chi connectivity index (χ1v) is 13.0. The van der Waals surface area contributed by atoms with Gasteiger partial charge in [-0.3, -0.25) is 24.2 Å². The average molecular weight is 519 g/mol. The van der Waals surface area contributed by atoms with E-state index in [1.54, 1.807) is 23.0 Å². The fraction of sp³-hybridized carbons (Fsp3) is 0.333. The molecule has 3 aromatic rings. The Kier molecular flexibility index (Phi) is 8.53. The van der Waals surface area contributed by atoms with Crippen LogP contribution in [0.25, 0.3) is 17.2 Å². The van der Waals surface area contributed by atoms with Crippen molar-refractivity contribution >= 4 is 29.3 Å². The van der Waals surface area contributed by atoms with Gasteiger partial charge in [-0.15, -0.1) is 0 Å². The first-order chi connectivity index (χ1) is 18.2. The number of aryl methyl sites for hydroxylation is 3. The lowest BCUT2D eigenvalue weighted by atomic mass is 9.99. The van der Waals surface area contributed by atoms with Gasteiger partial charge in [0.2, 0.25) is 5.91 Å². The molecule has 1 aliphatic heterocycles. The predicted octanol–water partition coefficient (Wildman–Crippen LogP) is 5.86. The van der Waals surface area contributed by atoms with E-state index in [0.717, 1.165) is 41.6 Å². The molecule has 1 saturated heterocycles. The van der Waals surface area contributed by atoms with Gasteiger partial charge in [0.15, 0.2) is 0 Å². The van der Waals surface area contributed by atoms with Gasteiger partial charge in [0, 0.05) is 34.7 Å². The average Bonchev–Trinajstić information content (AvgIpc) is 3.33. The van der Waals surface area contributed by atoms with Gasteiger partial charge < -0.3 is 10.6 Å². The van der Waals surface area contributed by atoms with E-state index >= 15 is 0 Å². The number of hydrogen-bond donors (Lipinski definition) is 2. The second-order valence-electron chi connectivity index (χ2n) is 9.95. The minimum atomic E-state index is -0.304. The standard InChI is InChI=1S/C30H36N6O2.3H2/c1-6-23(13-25-14-24(11-10-20(25)2)26-16-32-35(5)18-26)30(38)34-28-15-27(17-31-22(28)4)33-29(37)19-36-12-8-7-9-21(36)3;;;/h6,10-11,13-18,21H,1,7-9,12,19H2,2-5H3,(H,33,37)(H,34,38);3*1H/b23-13+;;;/t21-;;;/m0.../s1. The van der Waals surface area contributed by atoms with Crippen molar-refractivity contribution in [3.8, 4) is 11.1 Å². The highest BCUT2D eigenvalue weighted by atomic mass is 16.2. The fourth-order valence-electron chi connectivity index (χ4n) is 4.63. The molecule has 1 aliphatic rings. The van der Waals surface area contributed by atoms with Crippen molar-refractivity contribution in [1.29, 1.82) is 0 Å². The van der Waals surface area contributed by atoms with Gasteiger partial charge in [0.05, 0.1) is 36.0 Å². The molecule has 2 aromatic heterocycles. The predicted molar refractivity (Wildman–Crippen MR) is 159 cm³/mol. The van der Waals surface area contributed by atoms with Crippen LogP contribution in [0.2, 0.25) is 0 Å². The van der Waals surface area contributed by atoms with Gasteiger partial charge >= 0.3 is 0 Å². The number of piperidine rings is 1. The molecule has 38 heavy (non-hydrogen) atoms. The number of likely N-dealkylation sites (tertiary alicyclic amines) is 1. The third-order valence-electron chi connectivity index (χ3n) is 7.02. The molecule has 8 nitrogen and oxygen atoms in total. The second kappa shape index (κ2) is 12.0. The first-order valence-electron chi connectivity index (χ1n) is 13.0. The Morgan fingerprint density at radius 3 is 2.68 bits per heavy atom. The van der Waals surface area contributed by atoms with Crippen LogP contribution in [-0.2, 0) is 16.6 Å². The molecular weight excluding hydrogens is 476 g/mol. The summed E-state index contributed by atoms with van der Waals surface area (Å²) >= 11 is 0. The molecule has 0 spiro atoms. The number of hydrogen-bond acceptors (Lipinski definition) is 5. The molecule has 1 fully saturated rings. The number of pyridine rings is 1. The molecule has 0 unspecified atom stereocenters. The van der Waals surface area contributed by atoms with Gasteiger partial charge in [-0.1, -0.05) is 31.2 Å². The lowest BCUT2D eigenvalue weighted by Gasteiger charge is -2.32. The zero-order chi connectivity index (χ0) is 27.2. The van der Waals surface area contributed by atoms with Crippen molar-refractivity contribution in [2.45, 2.75) is 46.1 Å². The molecule has 0 bridgehead atoms. The summed E-state index contributed by atoms with van der Waals surface area (Å²) in [5.41, 5.74) is 6.12. The molecule has 8 heteroatoms. The zero-order valence-electron chi connectivity index (χ0n) is 22.6. The Hall–Kier alpha value is -4.04. The third-order valence-corrected chi connectivity index (χ3v) is 7.02. The molecule has 0 saturated carbocycles. The molecule has 0 radical (unpaired) electrons. The van der Waals surface area contributed by atoms with Crippen LogP contribution in [0.15, 0.2) is 61.1 Å². The topological polar surface area (TPSA) is 92.2 Å². The number of nitrogens with zero attached hydrogens (tertiary/aromatic N) is 4. The maximum atomic E-state index is 13.2. The smallest absolute Gasteiger partial charge is 0.255 e. The van der Waals surface area contributed by atoms with Gasteiger partial charge in [-0.2, -0.15) is 5.10 Å². The number of rotatable bonds is 8. The number of nitrogens with one attached hydrogen (secondary N) is 2. The Labute approximate surface area is 228 Å². The van der Waals surface area contributed by atoms with Crippen LogP contribution in [0.3, 0.4) is 0 Å². The van der Waals surface area contributed by atoms with Crippen LogP contribution in [-0.4, -0.2) is 50.6 Å². The molecule has 0 aliphatic carbocycles. The summed E-state index contributed by atoms with van der Waals surface area (Å²) in [6, 6.07) is 8.25. The van der Waals surface area contributed by atoms with E-state index in [0.29, 0.717) is 35.2 Å². The molecule has 3 heterocycles. The van der Waals surface area contributed by atoms with Gasteiger partial charge in [0.1, 0.15) is 0 Å². The Balaban J connectivity index is 0.00000280. The van der Waals surface area contributed by atoms with Gasteiger partial charge in [-0.25, -0.2) is 0 Å². The van der Waals surface area contributed by atoms with E-state index in [4.69, 9.17) is 0 Å². The monoisotopic (exact) mass is 518 g/mol. The lowest BCUT2D eigenvalue weighted by molar-refractivity contribution is -0.118. The van der Waals surface area contributed by atoms with E-state index in [2.05, 4.69) is 39.1 Å². The Morgan fingerprint density at radius 1 is 1.16 bits per heavy atom. The van der Waals surface area contributed by atoms with Crippen molar-refractivity contribution in [1.82, 2.24) is 19.7 Å². The summed E-state index contributed by atoms with van der Waals surface area (Å²) in [7, 11) is 1.88. The van der Waals surface area contributed by atoms with E-state index in [1.165, 1.54) is 6.42 Å². The SMILES string of the molecule is C=C/C(=C\c1cc(-c2cnn(C)c2)ccc1C)C(=O)Nc1cc(NC(=O)CN2CCCC[C@@H]2C)cnc1C.[HH].[HH].[HH]. The number of aromatic nitrogens is 3. The molecule has 4 rings (SSSR count). The van der Waals surface area contributed by atoms with Gasteiger partial charge in [-0.05, 0) is 75.1 Å². The highest BCUT2D eigenvalue weighted by molar-refractivity contribution is 6.09. The van der Waals surface area contributed by atoms with Crippen LogP contribution in [0, 0.1) is 13.8 Å². The summed E-state index contributed by atoms with van der Waals surface area (Å²) in [5, 5.41) is 10.1.